The molecule has 0 saturated carbocycles. The number of rotatable bonds is 4. The van der Waals surface area contributed by atoms with Crippen LogP contribution in [0.3, 0.4) is 0 Å². The molecule has 2 N–H and O–H groups in total. The molecule has 16 heavy (non-hydrogen) atoms. The molecular weight excluding hydrogens is 202 g/mol. The minimum absolute atomic E-state index is 0.234. The first kappa shape index (κ1) is 11.0. The van der Waals surface area contributed by atoms with E-state index < -0.39 is 0 Å². The molecule has 0 aromatic carbocycles. The van der Waals surface area contributed by atoms with Crippen LogP contribution in [-0.2, 0) is 6.54 Å². The Morgan fingerprint density at radius 3 is 2.88 bits per heavy atom. The third-order valence-corrected chi connectivity index (χ3v) is 2.57. The quantitative estimate of drug-likeness (QED) is 0.858. The Morgan fingerprint density at radius 1 is 1.44 bits per heavy atom. The molecular formula is C12H17N3O. The van der Waals surface area contributed by atoms with Crippen molar-refractivity contribution in [1.82, 2.24) is 9.78 Å². The normalized spacial score (nSPS) is 12.9. The molecule has 0 saturated heterocycles. The van der Waals surface area contributed by atoms with E-state index in [0.717, 1.165) is 30.2 Å². The van der Waals surface area contributed by atoms with E-state index in [4.69, 9.17) is 10.2 Å². The third-order valence-electron chi connectivity index (χ3n) is 2.57. The van der Waals surface area contributed by atoms with Gasteiger partial charge in [-0.1, -0.05) is 6.92 Å². The summed E-state index contributed by atoms with van der Waals surface area (Å²) in [6.07, 6.45) is 2.82. The molecule has 4 heteroatoms. The molecule has 2 aromatic heterocycles. The summed E-state index contributed by atoms with van der Waals surface area (Å²) in [7, 11) is 0. The lowest BCUT2D eigenvalue weighted by atomic mass is 10.1. The summed E-state index contributed by atoms with van der Waals surface area (Å²) in [6.45, 7) is 4.92. The van der Waals surface area contributed by atoms with Gasteiger partial charge in [0.2, 0.25) is 0 Å². The highest BCUT2D eigenvalue weighted by atomic mass is 16.3. The predicted molar refractivity (Wildman–Crippen MR) is 62.0 cm³/mol. The second-order valence-corrected chi connectivity index (χ2v) is 3.91. The van der Waals surface area contributed by atoms with Gasteiger partial charge in [-0.3, -0.25) is 4.68 Å². The van der Waals surface area contributed by atoms with Gasteiger partial charge in [0.05, 0.1) is 5.69 Å². The highest BCUT2D eigenvalue weighted by Gasteiger charge is 2.16. The number of hydrogen-bond donors (Lipinski definition) is 1. The fourth-order valence-corrected chi connectivity index (χ4v) is 1.77. The number of aryl methyl sites for hydroxylation is 2. The van der Waals surface area contributed by atoms with Gasteiger partial charge in [-0.05, 0) is 31.5 Å². The van der Waals surface area contributed by atoms with Crippen LogP contribution in [0.2, 0.25) is 0 Å². The number of aromatic nitrogens is 2. The molecule has 0 bridgehead atoms. The Kier molecular flexibility index (Phi) is 3.10. The average molecular weight is 219 g/mol. The van der Waals surface area contributed by atoms with Gasteiger partial charge in [-0.2, -0.15) is 5.10 Å². The van der Waals surface area contributed by atoms with E-state index >= 15 is 0 Å². The van der Waals surface area contributed by atoms with Gasteiger partial charge in [0.25, 0.3) is 0 Å². The smallest absolute Gasteiger partial charge is 0.126 e. The summed E-state index contributed by atoms with van der Waals surface area (Å²) < 4.78 is 7.47. The summed E-state index contributed by atoms with van der Waals surface area (Å²) in [5.74, 6) is 1.67. The summed E-state index contributed by atoms with van der Waals surface area (Å²) in [5.41, 5.74) is 7.15. The average Bonchev–Trinajstić information content (AvgIpc) is 2.87. The summed E-state index contributed by atoms with van der Waals surface area (Å²) in [4.78, 5) is 0. The maximum absolute atomic E-state index is 6.15. The predicted octanol–water partition coefficient (Wildman–Crippen LogP) is 2.24. The Bertz CT molecular complexity index is 458. The van der Waals surface area contributed by atoms with E-state index in [-0.39, 0.29) is 6.04 Å². The molecule has 2 heterocycles. The molecule has 4 nitrogen and oxygen atoms in total. The van der Waals surface area contributed by atoms with Gasteiger partial charge in [0, 0.05) is 12.7 Å². The molecule has 0 aliphatic carbocycles. The molecule has 0 spiro atoms. The Balaban J connectivity index is 2.26. The van der Waals surface area contributed by atoms with Crippen molar-refractivity contribution in [3.8, 4) is 0 Å². The lowest BCUT2D eigenvalue weighted by Gasteiger charge is -2.11. The van der Waals surface area contributed by atoms with Crippen LogP contribution < -0.4 is 5.73 Å². The number of nitrogens with two attached hydrogens (primary N) is 1. The molecule has 2 rings (SSSR count). The third kappa shape index (κ3) is 2.02. The lowest BCUT2D eigenvalue weighted by Crippen LogP contribution is -2.17. The monoisotopic (exact) mass is 219 g/mol. The van der Waals surface area contributed by atoms with Crippen molar-refractivity contribution in [3.63, 3.8) is 0 Å². The first-order valence-electron chi connectivity index (χ1n) is 5.56. The number of furan rings is 1. The molecule has 0 aliphatic rings. The number of hydrogen-bond acceptors (Lipinski definition) is 3. The molecule has 0 aliphatic heterocycles. The standard InChI is InChI=1S/C12H17N3O/c1-3-8-15-10(6-7-14-15)12(13)11-5-4-9(2)16-11/h4-7,12H,3,8,13H2,1-2H3. The van der Waals surface area contributed by atoms with Crippen molar-refractivity contribution >= 4 is 0 Å². The van der Waals surface area contributed by atoms with Crippen LogP contribution in [-0.4, -0.2) is 9.78 Å². The zero-order valence-electron chi connectivity index (χ0n) is 9.68. The topological polar surface area (TPSA) is 57.0 Å². The van der Waals surface area contributed by atoms with Gasteiger partial charge in [0.15, 0.2) is 0 Å². The van der Waals surface area contributed by atoms with Crippen molar-refractivity contribution in [1.29, 1.82) is 0 Å². The molecule has 0 radical (unpaired) electrons. The Morgan fingerprint density at radius 2 is 2.25 bits per heavy atom. The minimum Gasteiger partial charge on any atom is -0.464 e. The summed E-state index contributed by atoms with van der Waals surface area (Å²) in [5, 5.41) is 4.25. The van der Waals surface area contributed by atoms with Crippen molar-refractivity contribution < 1.29 is 4.42 Å². The van der Waals surface area contributed by atoms with Gasteiger partial charge >= 0.3 is 0 Å². The second-order valence-electron chi connectivity index (χ2n) is 3.91. The fraction of sp³-hybridized carbons (Fsp3) is 0.417. The Labute approximate surface area is 95.1 Å². The van der Waals surface area contributed by atoms with E-state index in [1.54, 1.807) is 6.20 Å². The molecule has 86 valence electrons. The zero-order chi connectivity index (χ0) is 11.5. The van der Waals surface area contributed by atoms with Crippen molar-refractivity contribution in [2.45, 2.75) is 32.9 Å². The fourth-order valence-electron chi connectivity index (χ4n) is 1.77. The minimum atomic E-state index is -0.234. The second kappa shape index (κ2) is 4.53. The van der Waals surface area contributed by atoms with Crippen molar-refractivity contribution in [2.75, 3.05) is 0 Å². The van der Waals surface area contributed by atoms with E-state index in [1.165, 1.54) is 0 Å². The summed E-state index contributed by atoms with van der Waals surface area (Å²) in [6, 6.07) is 5.56. The lowest BCUT2D eigenvalue weighted by molar-refractivity contribution is 0.450. The van der Waals surface area contributed by atoms with Crippen LogP contribution in [0.1, 0.15) is 36.6 Å². The molecule has 1 atom stereocenters. The van der Waals surface area contributed by atoms with Gasteiger partial charge in [-0.15, -0.1) is 0 Å². The Hall–Kier alpha value is -1.55. The van der Waals surface area contributed by atoms with Crippen LogP contribution in [0.15, 0.2) is 28.8 Å². The highest BCUT2D eigenvalue weighted by Crippen LogP contribution is 2.21. The van der Waals surface area contributed by atoms with Crippen molar-refractivity contribution in [3.05, 3.63) is 41.6 Å². The first-order valence-corrected chi connectivity index (χ1v) is 5.56. The summed E-state index contributed by atoms with van der Waals surface area (Å²) >= 11 is 0. The maximum Gasteiger partial charge on any atom is 0.126 e. The van der Waals surface area contributed by atoms with Crippen LogP contribution in [0.25, 0.3) is 0 Å². The van der Waals surface area contributed by atoms with Crippen LogP contribution in [0.5, 0.6) is 0 Å². The highest BCUT2D eigenvalue weighted by molar-refractivity contribution is 5.20. The molecule has 2 aromatic rings. The number of nitrogens with zero attached hydrogens (tertiary/aromatic N) is 2. The van der Waals surface area contributed by atoms with E-state index in [9.17, 15) is 0 Å². The van der Waals surface area contributed by atoms with Crippen LogP contribution >= 0.6 is 0 Å². The van der Waals surface area contributed by atoms with E-state index in [2.05, 4.69) is 12.0 Å². The molecule has 0 amide bonds. The van der Waals surface area contributed by atoms with Gasteiger partial charge in [0.1, 0.15) is 17.6 Å². The van der Waals surface area contributed by atoms with Crippen LogP contribution in [0, 0.1) is 6.92 Å². The zero-order valence-corrected chi connectivity index (χ0v) is 9.68. The SMILES string of the molecule is CCCn1nccc1C(N)c1ccc(C)o1. The largest absolute Gasteiger partial charge is 0.464 e. The maximum atomic E-state index is 6.15. The van der Waals surface area contributed by atoms with Crippen molar-refractivity contribution in [2.24, 2.45) is 5.73 Å². The van der Waals surface area contributed by atoms with Crippen LogP contribution in [0.4, 0.5) is 0 Å². The van der Waals surface area contributed by atoms with Gasteiger partial charge < -0.3 is 10.2 Å². The first-order chi connectivity index (χ1) is 7.72. The van der Waals surface area contributed by atoms with E-state index in [0.29, 0.717) is 0 Å². The molecule has 1 unspecified atom stereocenters. The molecule has 0 fully saturated rings. The van der Waals surface area contributed by atoms with E-state index in [1.807, 2.05) is 29.8 Å². The van der Waals surface area contributed by atoms with Gasteiger partial charge in [-0.25, -0.2) is 0 Å².